The van der Waals surface area contributed by atoms with Crippen LogP contribution in [-0.2, 0) is 0 Å². The average Bonchev–Trinajstić information content (AvgIpc) is 2.72. The molecule has 0 bridgehead atoms. The van der Waals surface area contributed by atoms with Crippen molar-refractivity contribution < 1.29 is 14.2 Å². The third-order valence-corrected chi connectivity index (χ3v) is 4.19. The average molecular weight is 361 g/mol. The first-order chi connectivity index (χ1) is 13.1. The Hall–Kier alpha value is -3.72. The first-order valence-corrected chi connectivity index (χ1v) is 8.18. The standard InChI is InChI=1S/C21H19N3O3/c1-25-15-6-4-5-13(7-15)20-11-18(19(12-22)21(23)24-20)14-8-16(26-2)10-17(9-14)27-3/h4-11H,1-3H3,(H2,23,24). The van der Waals surface area contributed by atoms with Crippen molar-refractivity contribution in [1.82, 2.24) is 4.98 Å². The minimum absolute atomic E-state index is 0.162. The van der Waals surface area contributed by atoms with Gasteiger partial charge in [-0.3, -0.25) is 0 Å². The molecule has 0 spiro atoms. The molecule has 1 heterocycles. The minimum atomic E-state index is 0.162. The molecule has 6 nitrogen and oxygen atoms in total. The molecule has 0 aliphatic carbocycles. The molecule has 0 fully saturated rings. The number of aromatic nitrogens is 1. The zero-order valence-electron chi connectivity index (χ0n) is 15.3. The Kier molecular flexibility index (Phi) is 5.13. The lowest BCUT2D eigenvalue weighted by molar-refractivity contribution is 0.394. The van der Waals surface area contributed by atoms with Gasteiger partial charge < -0.3 is 19.9 Å². The molecule has 6 heteroatoms. The van der Waals surface area contributed by atoms with Crippen molar-refractivity contribution in [2.75, 3.05) is 27.1 Å². The van der Waals surface area contributed by atoms with Gasteiger partial charge in [0.2, 0.25) is 0 Å². The molecule has 0 aliphatic heterocycles. The van der Waals surface area contributed by atoms with Crippen LogP contribution < -0.4 is 19.9 Å². The number of hydrogen-bond acceptors (Lipinski definition) is 6. The van der Waals surface area contributed by atoms with Crippen LogP contribution in [0.3, 0.4) is 0 Å². The summed E-state index contributed by atoms with van der Waals surface area (Å²) in [5.74, 6) is 2.11. The molecule has 0 aliphatic rings. The summed E-state index contributed by atoms with van der Waals surface area (Å²) in [7, 11) is 4.76. The number of benzene rings is 2. The van der Waals surface area contributed by atoms with Crippen molar-refractivity contribution in [3.8, 4) is 45.7 Å². The van der Waals surface area contributed by atoms with Crippen LogP contribution in [0.2, 0.25) is 0 Å². The maximum Gasteiger partial charge on any atom is 0.142 e. The van der Waals surface area contributed by atoms with Crippen molar-refractivity contribution in [2.24, 2.45) is 0 Å². The Balaban J connectivity index is 2.23. The van der Waals surface area contributed by atoms with E-state index in [4.69, 9.17) is 19.9 Å². The molecule has 0 atom stereocenters. The Morgan fingerprint density at radius 1 is 0.852 bits per heavy atom. The number of nitrogens with two attached hydrogens (primary N) is 1. The van der Waals surface area contributed by atoms with E-state index in [1.807, 2.05) is 42.5 Å². The van der Waals surface area contributed by atoms with Crippen molar-refractivity contribution in [3.05, 3.63) is 54.1 Å². The highest BCUT2D eigenvalue weighted by Crippen LogP contribution is 2.35. The van der Waals surface area contributed by atoms with Gasteiger partial charge in [0, 0.05) is 17.2 Å². The van der Waals surface area contributed by atoms with E-state index in [0.29, 0.717) is 34.1 Å². The second kappa shape index (κ2) is 7.67. The van der Waals surface area contributed by atoms with E-state index in [2.05, 4.69) is 11.1 Å². The molecule has 1 aromatic heterocycles. The molecule has 0 saturated heterocycles. The summed E-state index contributed by atoms with van der Waals surface area (Å²) in [6.45, 7) is 0. The zero-order chi connectivity index (χ0) is 19.4. The van der Waals surface area contributed by atoms with E-state index < -0.39 is 0 Å². The van der Waals surface area contributed by atoms with E-state index in [1.54, 1.807) is 27.4 Å². The highest BCUT2D eigenvalue weighted by molar-refractivity contribution is 5.81. The predicted molar refractivity (Wildman–Crippen MR) is 104 cm³/mol. The molecule has 2 N–H and O–H groups in total. The summed E-state index contributed by atoms with van der Waals surface area (Å²) in [4.78, 5) is 4.40. The number of nitrogens with zero attached hydrogens (tertiary/aromatic N) is 2. The monoisotopic (exact) mass is 361 g/mol. The number of hydrogen-bond donors (Lipinski definition) is 1. The fraction of sp³-hybridized carbons (Fsp3) is 0.143. The van der Waals surface area contributed by atoms with E-state index >= 15 is 0 Å². The third kappa shape index (κ3) is 3.62. The number of nitriles is 1. The minimum Gasteiger partial charge on any atom is -0.497 e. The number of methoxy groups -OCH3 is 3. The van der Waals surface area contributed by atoms with Crippen LogP contribution >= 0.6 is 0 Å². The Morgan fingerprint density at radius 2 is 1.48 bits per heavy atom. The number of rotatable bonds is 5. The maximum absolute atomic E-state index is 9.60. The summed E-state index contributed by atoms with van der Waals surface area (Å²) >= 11 is 0. The summed E-state index contributed by atoms with van der Waals surface area (Å²) in [6.07, 6.45) is 0. The molecular formula is C21H19N3O3. The number of nitrogen functional groups attached to an aromatic ring is 1. The number of ether oxygens (including phenoxy) is 3. The lowest BCUT2D eigenvalue weighted by Gasteiger charge is -2.13. The van der Waals surface area contributed by atoms with Crippen molar-refractivity contribution >= 4 is 5.82 Å². The topological polar surface area (TPSA) is 90.4 Å². The van der Waals surface area contributed by atoms with Gasteiger partial charge in [0.25, 0.3) is 0 Å². The number of anilines is 1. The van der Waals surface area contributed by atoms with Crippen molar-refractivity contribution in [1.29, 1.82) is 5.26 Å². The fourth-order valence-electron chi connectivity index (χ4n) is 2.80. The Labute approximate surface area is 157 Å². The zero-order valence-corrected chi connectivity index (χ0v) is 15.3. The maximum atomic E-state index is 9.60. The van der Waals surface area contributed by atoms with Gasteiger partial charge in [0.1, 0.15) is 34.7 Å². The SMILES string of the molecule is COc1cccc(-c2cc(-c3cc(OC)cc(OC)c3)c(C#N)c(N)n2)c1. The van der Waals surface area contributed by atoms with Crippen LogP contribution in [0.1, 0.15) is 5.56 Å². The van der Waals surface area contributed by atoms with Gasteiger partial charge in [0.15, 0.2) is 0 Å². The number of pyridine rings is 1. The summed E-state index contributed by atoms with van der Waals surface area (Å²) in [5.41, 5.74) is 9.27. The fourth-order valence-corrected chi connectivity index (χ4v) is 2.80. The second-order valence-electron chi connectivity index (χ2n) is 5.76. The molecule has 3 rings (SSSR count). The lowest BCUT2D eigenvalue weighted by Crippen LogP contribution is -2.00. The van der Waals surface area contributed by atoms with Crippen molar-refractivity contribution in [2.45, 2.75) is 0 Å². The second-order valence-corrected chi connectivity index (χ2v) is 5.76. The smallest absolute Gasteiger partial charge is 0.142 e. The van der Waals surface area contributed by atoms with Gasteiger partial charge in [-0.15, -0.1) is 0 Å². The highest BCUT2D eigenvalue weighted by Gasteiger charge is 2.15. The summed E-state index contributed by atoms with van der Waals surface area (Å²) in [5, 5.41) is 9.60. The summed E-state index contributed by atoms with van der Waals surface area (Å²) < 4.78 is 16.0. The molecule has 0 saturated carbocycles. The lowest BCUT2D eigenvalue weighted by atomic mass is 9.98. The van der Waals surface area contributed by atoms with Crippen LogP contribution in [-0.4, -0.2) is 26.3 Å². The molecule has 0 radical (unpaired) electrons. The van der Waals surface area contributed by atoms with Crippen LogP contribution in [0, 0.1) is 11.3 Å². The molecule has 27 heavy (non-hydrogen) atoms. The molecular weight excluding hydrogens is 342 g/mol. The van der Waals surface area contributed by atoms with Crippen LogP contribution in [0.15, 0.2) is 48.5 Å². The van der Waals surface area contributed by atoms with Gasteiger partial charge in [-0.1, -0.05) is 12.1 Å². The largest absolute Gasteiger partial charge is 0.497 e. The van der Waals surface area contributed by atoms with Gasteiger partial charge in [-0.2, -0.15) is 5.26 Å². The molecule has 2 aromatic carbocycles. The first kappa shape index (κ1) is 18.1. The predicted octanol–water partition coefficient (Wildman–Crippen LogP) is 3.90. The Bertz CT molecular complexity index is 1000. The van der Waals surface area contributed by atoms with Crippen LogP contribution in [0.25, 0.3) is 22.4 Å². The van der Waals surface area contributed by atoms with E-state index in [-0.39, 0.29) is 5.82 Å². The van der Waals surface area contributed by atoms with Crippen LogP contribution in [0.5, 0.6) is 17.2 Å². The molecule has 0 amide bonds. The summed E-state index contributed by atoms with van der Waals surface area (Å²) in [6, 6.07) is 16.9. The normalized spacial score (nSPS) is 10.1. The molecule has 0 unspecified atom stereocenters. The van der Waals surface area contributed by atoms with Crippen LogP contribution in [0.4, 0.5) is 5.82 Å². The van der Waals surface area contributed by atoms with E-state index in [1.165, 1.54) is 0 Å². The molecule has 3 aromatic rings. The quantitative estimate of drug-likeness (QED) is 0.741. The van der Waals surface area contributed by atoms with E-state index in [9.17, 15) is 5.26 Å². The first-order valence-electron chi connectivity index (χ1n) is 8.18. The third-order valence-electron chi connectivity index (χ3n) is 4.19. The highest BCUT2D eigenvalue weighted by atomic mass is 16.5. The van der Waals surface area contributed by atoms with Gasteiger partial charge in [0.05, 0.1) is 27.0 Å². The van der Waals surface area contributed by atoms with Crippen molar-refractivity contribution in [3.63, 3.8) is 0 Å². The molecule has 136 valence electrons. The van der Waals surface area contributed by atoms with E-state index in [0.717, 1.165) is 11.1 Å². The Morgan fingerprint density at radius 3 is 2.07 bits per heavy atom. The van der Waals surface area contributed by atoms with Gasteiger partial charge in [-0.25, -0.2) is 4.98 Å². The van der Waals surface area contributed by atoms with Gasteiger partial charge in [-0.05, 0) is 35.9 Å². The van der Waals surface area contributed by atoms with Gasteiger partial charge >= 0.3 is 0 Å².